The number of fused-ring (bicyclic) bond motifs is 1. The molecule has 1 atom stereocenters. The zero-order valence-electron chi connectivity index (χ0n) is 22.6. The molecule has 0 bridgehead atoms. The molecule has 2 heterocycles. The molecule has 1 aliphatic rings. The summed E-state index contributed by atoms with van der Waals surface area (Å²) in [5.74, 6) is -0.748. The Kier molecular flexibility index (Phi) is 7.67. The van der Waals surface area contributed by atoms with Crippen LogP contribution >= 0.6 is 11.3 Å². The largest absolute Gasteiger partial charge is 0.502 e. The van der Waals surface area contributed by atoms with Crippen molar-refractivity contribution < 1.29 is 19.6 Å². The highest BCUT2D eigenvalue weighted by atomic mass is 32.1. The number of nitrogens with zero attached hydrogens (tertiary/aromatic N) is 3. The Morgan fingerprint density at radius 2 is 1.85 bits per heavy atom. The van der Waals surface area contributed by atoms with Gasteiger partial charge in [-0.2, -0.15) is 0 Å². The van der Waals surface area contributed by atoms with E-state index in [1.165, 1.54) is 28.8 Å². The van der Waals surface area contributed by atoms with Gasteiger partial charge in [-0.25, -0.2) is 9.79 Å². The van der Waals surface area contributed by atoms with E-state index < -0.39 is 33.9 Å². The number of aromatic nitrogens is 1. The van der Waals surface area contributed by atoms with Gasteiger partial charge < -0.3 is 9.84 Å². The van der Waals surface area contributed by atoms with Crippen LogP contribution in [-0.2, 0) is 9.53 Å². The summed E-state index contributed by atoms with van der Waals surface area (Å²) in [5.41, 5.74) is 2.68. The van der Waals surface area contributed by atoms with Crippen molar-refractivity contribution in [2.24, 2.45) is 4.99 Å². The first-order valence-corrected chi connectivity index (χ1v) is 13.9. The first kappa shape index (κ1) is 27.7. The van der Waals surface area contributed by atoms with E-state index >= 15 is 0 Å². The number of ether oxygens (including phenoxy) is 1. The molecule has 1 N–H and O–H groups in total. The smallest absolute Gasteiger partial charge is 0.338 e. The van der Waals surface area contributed by atoms with Gasteiger partial charge in [-0.3, -0.25) is 19.5 Å². The Balaban J connectivity index is 1.80. The number of thiazole rings is 1. The average molecular weight is 570 g/mol. The van der Waals surface area contributed by atoms with Gasteiger partial charge in [0.25, 0.3) is 5.56 Å². The van der Waals surface area contributed by atoms with Crippen molar-refractivity contribution >= 4 is 34.8 Å². The second-order valence-corrected chi connectivity index (χ2v) is 10.8. The molecule has 0 aliphatic carbocycles. The summed E-state index contributed by atoms with van der Waals surface area (Å²) in [7, 11) is 0. The van der Waals surface area contributed by atoms with Gasteiger partial charge in [0.05, 0.1) is 33.4 Å². The average Bonchev–Trinajstić information content (AvgIpc) is 3.27. The Bertz CT molecular complexity index is 1850. The predicted octanol–water partition coefficient (Wildman–Crippen LogP) is 4.67. The Hall–Kier alpha value is -4.83. The highest BCUT2D eigenvalue weighted by Gasteiger charge is 2.35. The van der Waals surface area contributed by atoms with Crippen molar-refractivity contribution in [3.05, 3.63) is 130 Å². The van der Waals surface area contributed by atoms with Gasteiger partial charge in [-0.1, -0.05) is 85.8 Å². The number of aromatic hydroxyl groups is 1. The van der Waals surface area contributed by atoms with Crippen LogP contribution in [0.5, 0.6) is 5.75 Å². The zero-order chi connectivity index (χ0) is 29.3. The number of benzene rings is 3. The van der Waals surface area contributed by atoms with Crippen LogP contribution in [-0.4, -0.2) is 27.2 Å². The highest BCUT2D eigenvalue weighted by molar-refractivity contribution is 7.07. The van der Waals surface area contributed by atoms with E-state index in [0.29, 0.717) is 33.1 Å². The number of carbonyl (C=O) groups excluding carboxylic acids is 1. The second kappa shape index (κ2) is 11.3. The van der Waals surface area contributed by atoms with E-state index in [1.807, 2.05) is 54.6 Å². The van der Waals surface area contributed by atoms with Crippen LogP contribution in [0.2, 0.25) is 0 Å². The summed E-state index contributed by atoms with van der Waals surface area (Å²) in [5, 5.41) is 21.2. The zero-order valence-corrected chi connectivity index (χ0v) is 23.4. The molecule has 0 unspecified atom stereocenters. The quantitative estimate of drug-likeness (QED) is 0.196. The maximum Gasteiger partial charge on any atom is 0.338 e. The molecule has 208 valence electrons. The summed E-state index contributed by atoms with van der Waals surface area (Å²) in [6, 6.07) is 20.1. The lowest BCUT2D eigenvalue weighted by Crippen LogP contribution is -2.40. The summed E-state index contributed by atoms with van der Waals surface area (Å²) >= 11 is 1.12. The normalized spacial score (nSPS) is 15.0. The van der Waals surface area contributed by atoms with Crippen molar-refractivity contribution in [3.63, 3.8) is 0 Å². The number of carbonyl (C=O) groups is 1. The molecule has 0 spiro atoms. The molecule has 5 rings (SSSR count). The molecule has 0 fully saturated rings. The van der Waals surface area contributed by atoms with E-state index in [2.05, 4.69) is 13.8 Å². The van der Waals surface area contributed by atoms with E-state index in [4.69, 9.17) is 9.73 Å². The van der Waals surface area contributed by atoms with Crippen LogP contribution in [0.3, 0.4) is 0 Å². The third kappa shape index (κ3) is 5.33. The first-order chi connectivity index (χ1) is 19.7. The molecular formula is C31H27N3O6S. The Morgan fingerprint density at radius 3 is 2.49 bits per heavy atom. The Morgan fingerprint density at radius 1 is 1.15 bits per heavy atom. The van der Waals surface area contributed by atoms with Crippen LogP contribution in [0.1, 0.15) is 55.0 Å². The third-order valence-electron chi connectivity index (χ3n) is 6.79. The molecule has 0 saturated carbocycles. The molecule has 3 aromatic carbocycles. The number of phenols is 1. The number of nitro groups is 1. The van der Waals surface area contributed by atoms with Crippen LogP contribution in [0.15, 0.2) is 88.2 Å². The summed E-state index contributed by atoms with van der Waals surface area (Å²) in [6.07, 6.45) is 1.52. The van der Waals surface area contributed by atoms with E-state index in [0.717, 1.165) is 16.9 Å². The second-order valence-electron chi connectivity index (χ2n) is 9.76. The molecule has 10 heteroatoms. The molecule has 0 radical (unpaired) electrons. The van der Waals surface area contributed by atoms with E-state index in [1.54, 1.807) is 6.92 Å². The lowest BCUT2D eigenvalue weighted by molar-refractivity contribution is -0.385. The fourth-order valence-corrected chi connectivity index (χ4v) is 5.75. The van der Waals surface area contributed by atoms with Crippen LogP contribution < -0.4 is 14.9 Å². The number of phenolic OH excluding ortho intramolecular Hbond substituents is 1. The molecule has 1 aromatic heterocycles. The first-order valence-electron chi connectivity index (χ1n) is 13.0. The van der Waals surface area contributed by atoms with Crippen molar-refractivity contribution in [2.45, 2.75) is 32.7 Å². The lowest BCUT2D eigenvalue weighted by Gasteiger charge is -2.26. The minimum atomic E-state index is -0.821. The van der Waals surface area contributed by atoms with Gasteiger partial charge in [0, 0.05) is 11.6 Å². The Labute approximate surface area is 239 Å². The van der Waals surface area contributed by atoms with Crippen LogP contribution in [0.4, 0.5) is 5.69 Å². The van der Waals surface area contributed by atoms with Gasteiger partial charge in [-0.05, 0) is 41.7 Å². The standard InChI is InChI=1S/C31H27N3O6S/c1-4-40-30(37)26-27(21-8-6-5-7-9-21)32-31-33(28(26)22-13-11-20(12-14-22)18(2)3)29(36)25(41-31)17-19-10-15-24(35)23(16-19)34(38)39/h5-18,28,35H,4H2,1-3H3/b25-17-/t28-/m0/s1. The molecule has 4 aromatic rings. The predicted molar refractivity (Wildman–Crippen MR) is 156 cm³/mol. The summed E-state index contributed by atoms with van der Waals surface area (Å²) in [4.78, 5) is 43.3. The minimum Gasteiger partial charge on any atom is -0.502 e. The van der Waals surface area contributed by atoms with Crippen LogP contribution in [0.25, 0.3) is 11.8 Å². The van der Waals surface area contributed by atoms with Crippen molar-refractivity contribution in [2.75, 3.05) is 6.61 Å². The van der Waals surface area contributed by atoms with Gasteiger partial charge in [0.2, 0.25) is 0 Å². The fourth-order valence-electron chi connectivity index (χ4n) is 4.75. The monoisotopic (exact) mass is 569 g/mol. The molecule has 0 saturated heterocycles. The maximum absolute atomic E-state index is 14.0. The van der Waals surface area contributed by atoms with Crippen molar-refractivity contribution in [1.29, 1.82) is 0 Å². The fraction of sp³-hybridized carbons (Fsp3) is 0.194. The highest BCUT2D eigenvalue weighted by Crippen LogP contribution is 2.35. The van der Waals surface area contributed by atoms with Gasteiger partial charge in [0.15, 0.2) is 10.6 Å². The van der Waals surface area contributed by atoms with Crippen LogP contribution in [0, 0.1) is 10.1 Å². The van der Waals surface area contributed by atoms with Crippen molar-refractivity contribution in [1.82, 2.24) is 4.57 Å². The third-order valence-corrected chi connectivity index (χ3v) is 7.77. The summed E-state index contributed by atoms with van der Waals surface area (Å²) in [6.45, 7) is 6.04. The molecule has 1 aliphatic heterocycles. The van der Waals surface area contributed by atoms with Gasteiger partial charge >= 0.3 is 11.7 Å². The molecule has 9 nitrogen and oxygen atoms in total. The molecule has 0 amide bonds. The summed E-state index contributed by atoms with van der Waals surface area (Å²) < 4.78 is 7.24. The maximum atomic E-state index is 14.0. The van der Waals surface area contributed by atoms with Gasteiger partial charge in [0.1, 0.15) is 0 Å². The topological polar surface area (TPSA) is 124 Å². The number of nitro benzene ring substituents is 1. The number of rotatable bonds is 7. The van der Waals surface area contributed by atoms with Gasteiger partial charge in [-0.15, -0.1) is 0 Å². The van der Waals surface area contributed by atoms with E-state index in [-0.39, 0.29) is 16.7 Å². The minimum absolute atomic E-state index is 0.146. The SMILES string of the molecule is CCOC(=O)C1=C(c2ccccc2)N=c2s/c(=C\c3ccc(O)c([N+](=O)[O-])c3)c(=O)n2[C@H]1c1ccc(C(C)C)cc1. The number of esters is 1. The molecule has 41 heavy (non-hydrogen) atoms. The van der Waals surface area contributed by atoms with E-state index in [9.17, 15) is 24.8 Å². The lowest BCUT2D eigenvalue weighted by atomic mass is 9.91. The van der Waals surface area contributed by atoms with Crippen molar-refractivity contribution in [3.8, 4) is 5.75 Å². The molecular weight excluding hydrogens is 542 g/mol. The number of hydrogen-bond donors (Lipinski definition) is 1. The number of hydrogen-bond acceptors (Lipinski definition) is 8.